The third kappa shape index (κ3) is 35.9. The van der Waals surface area contributed by atoms with E-state index in [0.29, 0.717) is 26.1 Å². The van der Waals surface area contributed by atoms with Crippen LogP contribution in [0.25, 0.3) is 0 Å². The van der Waals surface area contributed by atoms with E-state index < -0.39 is 10.4 Å². The highest BCUT2D eigenvalue weighted by Crippen LogP contribution is 2.14. The minimum absolute atomic E-state index is 0.0323. The van der Waals surface area contributed by atoms with E-state index >= 15 is 0 Å². The Labute approximate surface area is 216 Å². The first-order valence-corrected chi connectivity index (χ1v) is 15.4. The summed E-state index contributed by atoms with van der Waals surface area (Å²) in [6.07, 6.45) is 23.2. The number of hydrogen-bond acceptors (Lipinski definition) is 8. The monoisotopic (exact) mass is 526 g/mol. The molecule has 0 saturated carbocycles. The fraction of sp³-hybridized carbons (Fsp3) is 1.00. The second-order valence-electron chi connectivity index (χ2n) is 9.25. The lowest BCUT2D eigenvalue weighted by Crippen LogP contribution is -2.32. The van der Waals surface area contributed by atoms with Gasteiger partial charge in [-0.1, -0.05) is 116 Å². The van der Waals surface area contributed by atoms with Crippen molar-refractivity contribution < 1.29 is 32.5 Å². The van der Waals surface area contributed by atoms with Gasteiger partial charge in [-0.3, -0.25) is 9.08 Å². The molecule has 0 aliphatic rings. The quantitative estimate of drug-likeness (QED) is 0.0834. The van der Waals surface area contributed by atoms with Crippen LogP contribution >= 0.6 is 0 Å². The Balaban J connectivity index is 0. The van der Waals surface area contributed by atoms with Crippen molar-refractivity contribution in [3.8, 4) is 0 Å². The Hall–Kier alpha value is -0.290. The van der Waals surface area contributed by atoms with Crippen molar-refractivity contribution in [3.63, 3.8) is 0 Å². The van der Waals surface area contributed by atoms with E-state index in [0.717, 1.165) is 12.8 Å². The number of aliphatic hydroxyl groups excluding tert-OH is 3. The molecule has 0 aliphatic heterocycles. The van der Waals surface area contributed by atoms with Crippen LogP contribution in [0.5, 0.6) is 0 Å². The molecule has 0 fully saturated rings. The Bertz CT molecular complexity index is 478. The van der Waals surface area contributed by atoms with Gasteiger partial charge in [0.25, 0.3) is 0 Å². The minimum Gasteiger partial charge on any atom is -0.726 e. The van der Waals surface area contributed by atoms with Crippen molar-refractivity contribution in [1.82, 2.24) is 4.90 Å². The highest BCUT2D eigenvalue weighted by atomic mass is 32.3. The Morgan fingerprint density at radius 3 is 1.11 bits per heavy atom. The van der Waals surface area contributed by atoms with Crippen molar-refractivity contribution in [2.75, 3.05) is 46.1 Å². The van der Waals surface area contributed by atoms with E-state index in [1.54, 1.807) is 4.90 Å². The zero-order valence-electron chi connectivity index (χ0n) is 22.5. The molecule has 0 atom stereocenters. The fourth-order valence-corrected chi connectivity index (χ4v) is 4.25. The van der Waals surface area contributed by atoms with Gasteiger partial charge in [-0.05, 0) is 6.42 Å². The lowest BCUT2D eigenvalue weighted by molar-refractivity contribution is 0.136. The van der Waals surface area contributed by atoms with Crippen LogP contribution in [-0.4, -0.2) is 79.3 Å². The van der Waals surface area contributed by atoms with Gasteiger partial charge in [-0.2, -0.15) is 0 Å². The molecule has 3 N–H and O–H groups in total. The summed E-state index contributed by atoms with van der Waals surface area (Å²) in [5.74, 6) is 0. The molecule has 8 nitrogen and oxygen atoms in total. The SMILES string of the molecule is CCCCCCCCCCCCCCCCCCCCOS(=O)(=O)[O-].OCCN(CCO)CCO. The molecule has 0 unspecified atom stereocenters. The largest absolute Gasteiger partial charge is 0.726 e. The molecule has 0 aromatic rings. The summed E-state index contributed by atoms with van der Waals surface area (Å²) < 4.78 is 34.9. The van der Waals surface area contributed by atoms with Crippen LogP contribution in [0.2, 0.25) is 0 Å². The summed E-state index contributed by atoms with van der Waals surface area (Å²) in [7, 11) is -4.50. The van der Waals surface area contributed by atoms with Crippen molar-refractivity contribution in [1.29, 1.82) is 0 Å². The number of rotatable bonds is 26. The molecule has 0 heterocycles. The van der Waals surface area contributed by atoms with Crippen molar-refractivity contribution >= 4 is 10.4 Å². The molecule has 0 aromatic heterocycles. The van der Waals surface area contributed by atoms with E-state index in [1.807, 2.05) is 0 Å². The van der Waals surface area contributed by atoms with E-state index in [-0.39, 0.29) is 26.4 Å². The van der Waals surface area contributed by atoms with Gasteiger partial charge in [0, 0.05) is 19.6 Å². The molecule has 9 heteroatoms. The number of hydrogen-bond donors (Lipinski definition) is 3. The van der Waals surface area contributed by atoms with Gasteiger partial charge in [0.15, 0.2) is 0 Å². The molecule has 0 rings (SSSR count). The van der Waals surface area contributed by atoms with E-state index in [2.05, 4.69) is 11.1 Å². The maximum atomic E-state index is 10.2. The van der Waals surface area contributed by atoms with Crippen LogP contribution in [-0.2, 0) is 14.6 Å². The zero-order chi connectivity index (χ0) is 26.5. The van der Waals surface area contributed by atoms with Crippen LogP contribution in [0.3, 0.4) is 0 Å². The minimum atomic E-state index is -4.50. The first-order chi connectivity index (χ1) is 16.9. The number of nitrogens with zero attached hydrogens (tertiary/aromatic N) is 1. The molecule has 0 bridgehead atoms. The Morgan fingerprint density at radius 2 is 0.857 bits per heavy atom. The third-order valence-electron chi connectivity index (χ3n) is 5.97. The highest BCUT2D eigenvalue weighted by Gasteiger charge is 2.00. The summed E-state index contributed by atoms with van der Waals surface area (Å²) in [6.45, 7) is 4.05. The van der Waals surface area contributed by atoms with E-state index in [1.165, 1.54) is 96.3 Å². The van der Waals surface area contributed by atoms with Crippen LogP contribution in [0.1, 0.15) is 122 Å². The smallest absolute Gasteiger partial charge is 0.217 e. The molecule has 0 saturated heterocycles. The van der Waals surface area contributed by atoms with Gasteiger partial charge in [-0.15, -0.1) is 0 Å². The predicted molar refractivity (Wildman–Crippen MR) is 142 cm³/mol. The standard InChI is InChI=1S/C20H42O4S.C6H15NO3/c1-2-3-4-5-6-7-8-9-10-11-12-13-14-15-16-17-18-19-20-24-25(21,22)23;8-4-1-7(2-5-9)3-6-10/h2-20H2,1H3,(H,21,22,23);8-10H,1-6H2/p-1. The molecule has 0 radical (unpaired) electrons. The topological polar surface area (TPSA) is 130 Å². The molecule has 0 amide bonds. The van der Waals surface area contributed by atoms with Crippen molar-refractivity contribution in [2.24, 2.45) is 0 Å². The van der Waals surface area contributed by atoms with Crippen LogP contribution in [0.4, 0.5) is 0 Å². The van der Waals surface area contributed by atoms with Gasteiger partial charge >= 0.3 is 0 Å². The van der Waals surface area contributed by atoms with E-state index in [4.69, 9.17) is 15.3 Å². The zero-order valence-corrected chi connectivity index (χ0v) is 23.3. The molecule has 0 aromatic carbocycles. The summed E-state index contributed by atoms with van der Waals surface area (Å²) in [4.78, 5) is 1.79. The summed E-state index contributed by atoms with van der Waals surface area (Å²) >= 11 is 0. The molecule has 0 aliphatic carbocycles. The van der Waals surface area contributed by atoms with Gasteiger partial charge < -0.3 is 19.9 Å². The maximum Gasteiger partial charge on any atom is 0.217 e. The number of unbranched alkanes of at least 4 members (excludes halogenated alkanes) is 17. The third-order valence-corrected chi connectivity index (χ3v) is 6.43. The lowest BCUT2D eigenvalue weighted by atomic mass is 10.0. The summed E-state index contributed by atoms with van der Waals surface area (Å²) in [5.41, 5.74) is 0. The van der Waals surface area contributed by atoms with Crippen molar-refractivity contribution in [2.45, 2.75) is 122 Å². The van der Waals surface area contributed by atoms with Crippen LogP contribution in [0, 0.1) is 0 Å². The lowest BCUT2D eigenvalue weighted by Gasteiger charge is -2.17. The highest BCUT2D eigenvalue weighted by molar-refractivity contribution is 7.80. The summed E-state index contributed by atoms with van der Waals surface area (Å²) in [6, 6.07) is 0. The van der Waals surface area contributed by atoms with E-state index in [9.17, 15) is 13.0 Å². The second kappa shape index (κ2) is 29.9. The number of aliphatic hydroxyl groups is 3. The average Bonchev–Trinajstić information content (AvgIpc) is 2.81. The summed E-state index contributed by atoms with van der Waals surface area (Å²) in [5, 5.41) is 25.5. The molecular formula is C26H56NO7S-. The van der Waals surface area contributed by atoms with Gasteiger partial charge in [0.05, 0.1) is 26.4 Å². The molecule has 0 spiro atoms. The first-order valence-electron chi connectivity index (χ1n) is 14.1. The van der Waals surface area contributed by atoms with Gasteiger partial charge in [-0.25, -0.2) is 8.42 Å². The maximum absolute atomic E-state index is 10.2. The second-order valence-corrected chi connectivity index (χ2v) is 10.3. The molecule has 214 valence electrons. The average molecular weight is 527 g/mol. The Kier molecular flexibility index (Phi) is 31.5. The van der Waals surface area contributed by atoms with Crippen LogP contribution < -0.4 is 0 Å². The molecular weight excluding hydrogens is 470 g/mol. The normalized spacial score (nSPS) is 11.6. The fourth-order valence-electron chi connectivity index (χ4n) is 3.92. The first kappa shape index (κ1) is 36.9. The Morgan fingerprint density at radius 1 is 0.571 bits per heavy atom. The van der Waals surface area contributed by atoms with Crippen LogP contribution in [0.15, 0.2) is 0 Å². The van der Waals surface area contributed by atoms with Gasteiger partial charge in [0.1, 0.15) is 0 Å². The molecule has 35 heavy (non-hydrogen) atoms. The predicted octanol–water partition coefficient (Wildman–Crippen LogP) is 4.77. The van der Waals surface area contributed by atoms with Crippen molar-refractivity contribution in [3.05, 3.63) is 0 Å². The van der Waals surface area contributed by atoms with Gasteiger partial charge in [0.2, 0.25) is 10.4 Å².